The standard InChI is InChI=1S/C53H88O5/c1-4-7-10-13-16-18-20-22-24-26-27-29-30-32-34-36-38-40-43-46-52(54)57-50-51(49-56-48-45-42-15-12-9-6-3)58-53(55)47-44-41-39-37-35-33-31-28-25-23-21-19-17-14-11-8-5-2/h7-8,10-11,16-19,22-25,27,29,31,33,51H,4-6,9,12-15,20-21,26,28,30,32,34-50H2,1-3H3/b10-7-,11-8-,18-16-,19-17-,24-22-,25-23-,29-27-,33-31-. The van der Waals surface area contributed by atoms with Crippen LogP contribution in [0.25, 0.3) is 0 Å². The quantitative estimate of drug-likeness (QED) is 0.0349. The van der Waals surface area contributed by atoms with Crippen LogP contribution in [0.3, 0.4) is 0 Å². The summed E-state index contributed by atoms with van der Waals surface area (Å²) in [5.41, 5.74) is 0. The van der Waals surface area contributed by atoms with E-state index in [9.17, 15) is 9.59 Å². The Kier molecular flexibility index (Phi) is 45.5. The van der Waals surface area contributed by atoms with E-state index in [4.69, 9.17) is 14.2 Å². The van der Waals surface area contributed by atoms with E-state index >= 15 is 0 Å². The van der Waals surface area contributed by atoms with Gasteiger partial charge in [0.05, 0.1) is 6.61 Å². The first-order valence-electron chi connectivity index (χ1n) is 23.8. The van der Waals surface area contributed by atoms with Gasteiger partial charge in [-0.2, -0.15) is 0 Å². The summed E-state index contributed by atoms with van der Waals surface area (Å²) in [4.78, 5) is 25.2. The highest BCUT2D eigenvalue weighted by Gasteiger charge is 2.17. The van der Waals surface area contributed by atoms with E-state index in [1.807, 2.05) is 0 Å². The van der Waals surface area contributed by atoms with E-state index in [-0.39, 0.29) is 25.2 Å². The largest absolute Gasteiger partial charge is 0.462 e. The van der Waals surface area contributed by atoms with Crippen LogP contribution in [0.2, 0.25) is 0 Å². The average molecular weight is 805 g/mol. The number of unbranched alkanes of at least 4 members (excludes halogenated alkanes) is 15. The molecule has 0 aromatic heterocycles. The molecule has 58 heavy (non-hydrogen) atoms. The predicted octanol–water partition coefficient (Wildman–Crippen LogP) is 15.9. The zero-order valence-electron chi connectivity index (χ0n) is 37.8. The number of carbonyl (C=O) groups is 2. The van der Waals surface area contributed by atoms with Crippen LogP contribution < -0.4 is 0 Å². The molecule has 0 saturated carbocycles. The number of hydrogen-bond donors (Lipinski definition) is 0. The number of hydrogen-bond acceptors (Lipinski definition) is 5. The van der Waals surface area contributed by atoms with Crippen LogP contribution in [0.1, 0.15) is 201 Å². The molecule has 0 aliphatic carbocycles. The van der Waals surface area contributed by atoms with Crippen LogP contribution >= 0.6 is 0 Å². The highest BCUT2D eigenvalue weighted by Crippen LogP contribution is 2.12. The third-order valence-electron chi connectivity index (χ3n) is 9.62. The maximum absolute atomic E-state index is 12.7. The molecule has 0 heterocycles. The smallest absolute Gasteiger partial charge is 0.306 e. The fourth-order valence-electron chi connectivity index (χ4n) is 6.14. The van der Waals surface area contributed by atoms with Crippen molar-refractivity contribution in [3.8, 4) is 0 Å². The number of ether oxygens (including phenoxy) is 3. The summed E-state index contributed by atoms with van der Waals surface area (Å²) in [6.45, 7) is 7.51. The summed E-state index contributed by atoms with van der Waals surface area (Å²) in [5.74, 6) is -0.449. The zero-order chi connectivity index (χ0) is 42.1. The maximum atomic E-state index is 12.7. The normalized spacial score (nSPS) is 13.1. The lowest BCUT2D eigenvalue weighted by Gasteiger charge is -2.18. The number of rotatable bonds is 42. The summed E-state index contributed by atoms with van der Waals surface area (Å²) in [7, 11) is 0. The molecule has 5 heteroatoms. The molecule has 0 bridgehead atoms. The Bertz CT molecular complexity index is 1140. The zero-order valence-corrected chi connectivity index (χ0v) is 37.8. The van der Waals surface area contributed by atoms with Gasteiger partial charge in [-0.25, -0.2) is 0 Å². The first kappa shape index (κ1) is 54.8. The Morgan fingerprint density at radius 3 is 1.24 bits per heavy atom. The Balaban J connectivity index is 4.19. The van der Waals surface area contributed by atoms with E-state index in [0.717, 1.165) is 122 Å². The van der Waals surface area contributed by atoms with Gasteiger partial charge in [-0.3, -0.25) is 9.59 Å². The van der Waals surface area contributed by atoms with E-state index < -0.39 is 6.10 Å². The van der Waals surface area contributed by atoms with E-state index in [1.165, 1.54) is 44.9 Å². The molecule has 0 spiro atoms. The van der Waals surface area contributed by atoms with Gasteiger partial charge in [0.25, 0.3) is 0 Å². The lowest BCUT2D eigenvalue weighted by molar-refractivity contribution is -0.163. The molecule has 0 aliphatic heterocycles. The Labute approximate surface area is 358 Å². The molecule has 0 aliphatic rings. The Morgan fingerprint density at radius 1 is 0.397 bits per heavy atom. The molecule has 330 valence electrons. The van der Waals surface area contributed by atoms with Crippen molar-refractivity contribution in [2.24, 2.45) is 0 Å². The van der Waals surface area contributed by atoms with Crippen molar-refractivity contribution in [3.05, 3.63) is 97.2 Å². The fraction of sp³-hybridized carbons (Fsp3) is 0.660. The molecule has 0 N–H and O–H groups in total. The van der Waals surface area contributed by atoms with E-state index in [0.29, 0.717) is 19.4 Å². The van der Waals surface area contributed by atoms with Crippen LogP contribution in [-0.4, -0.2) is 37.9 Å². The van der Waals surface area contributed by atoms with Gasteiger partial charge in [-0.05, 0) is 96.3 Å². The third-order valence-corrected chi connectivity index (χ3v) is 9.62. The highest BCUT2D eigenvalue weighted by molar-refractivity contribution is 5.70. The van der Waals surface area contributed by atoms with Gasteiger partial charge >= 0.3 is 11.9 Å². The lowest BCUT2D eigenvalue weighted by atomic mass is 10.1. The van der Waals surface area contributed by atoms with Crippen LogP contribution in [0.4, 0.5) is 0 Å². The first-order chi connectivity index (χ1) is 28.6. The highest BCUT2D eigenvalue weighted by atomic mass is 16.6. The molecule has 1 unspecified atom stereocenters. The Hall–Kier alpha value is -3.18. The molecule has 0 fully saturated rings. The molecule has 0 rings (SSSR count). The van der Waals surface area contributed by atoms with Crippen LogP contribution in [0.15, 0.2) is 97.2 Å². The van der Waals surface area contributed by atoms with Crippen molar-refractivity contribution in [1.82, 2.24) is 0 Å². The summed E-state index contributed by atoms with van der Waals surface area (Å²) >= 11 is 0. The van der Waals surface area contributed by atoms with Crippen LogP contribution in [-0.2, 0) is 23.8 Å². The van der Waals surface area contributed by atoms with Gasteiger partial charge in [0.2, 0.25) is 0 Å². The molecule has 5 nitrogen and oxygen atoms in total. The molecule has 0 radical (unpaired) electrons. The van der Waals surface area contributed by atoms with Gasteiger partial charge in [0.1, 0.15) is 6.61 Å². The lowest BCUT2D eigenvalue weighted by Crippen LogP contribution is -2.30. The maximum Gasteiger partial charge on any atom is 0.306 e. The van der Waals surface area contributed by atoms with Gasteiger partial charge in [-0.15, -0.1) is 0 Å². The second-order valence-electron chi connectivity index (χ2n) is 15.3. The van der Waals surface area contributed by atoms with Gasteiger partial charge < -0.3 is 14.2 Å². The van der Waals surface area contributed by atoms with Crippen molar-refractivity contribution in [1.29, 1.82) is 0 Å². The van der Waals surface area contributed by atoms with Crippen molar-refractivity contribution >= 4 is 11.9 Å². The van der Waals surface area contributed by atoms with Crippen molar-refractivity contribution in [2.75, 3.05) is 19.8 Å². The molecule has 0 aromatic carbocycles. The third kappa shape index (κ3) is 45.5. The van der Waals surface area contributed by atoms with Crippen molar-refractivity contribution in [2.45, 2.75) is 207 Å². The fourth-order valence-corrected chi connectivity index (χ4v) is 6.14. The summed E-state index contributed by atoms with van der Waals surface area (Å²) in [5, 5.41) is 0. The minimum absolute atomic E-state index is 0.0627. The molecule has 0 aromatic rings. The molecule has 1 atom stereocenters. The Morgan fingerprint density at radius 2 is 0.776 bits per heavy atom. The predicted molar refractivity (Wildman–Crippen MR) is 251 cm³/mol. The minimum Gasteiger partial charge on any atom is -0.462 e. The van der Waals surface area contributed by atoms with Crippen molar-refractivity contribution in [3.63, 3.8) is 0 Å². The summed E-state index contributed by atoms with van der Waals surface area (Å²) in [6.07, 6.45) is 64.2. The van der Waals surface area contributed by atoms with Gasteiger partial charge in [-0.1, -0.05) is 189 Å². The van der Waals surface area contributed by atoms with Crippen LogP contribution in [0, 0.1) is 0 Å². The minimum atomic E-state index is -0.556. The first-order valence-corrected chi connectivity index (χ1v) is 23.8. The van der Waals surface area contributed by atoms with E-state index in [1.54, 1.807) is 0 Å². The van der Waals surface area contributed by atoms with Crippen molar-refractivity contribution < 1.29 is 23.8 Å². The monoisotopic (exact) mass is 805 g/mol. The second kappa shape index (κ2) is 48.2. The number of carbonyl (C=O) groups excluding carboxylic acids is 2. The average Bonchev–Trinajstić information content (AvgIpc) is 3.22. The van der Waals surface area contributed by atoms with Gasteiger partial charge in [0.15, 0.2) is 6.10 Å². The topological polar surface area (TPSA) is 61.8 Å². The molecule has 0 saturated heterocycles. The SMILES string of the molecule is CC/C=C\C/C=C\C/C=C\C/C=C\CCCCCCCCC(=O)OCC(COCCCCCCCC)OC(=O)CCCCCC/C=C\C/C=C\C/C=C\C/C=C\CC. The van der Waals surface area contributed by atoms with Crippen LogP contribution in [0.5, 0.6) is 0 Å². The number of esters is 2. The molecular formula is C53H88O5. The van der Waals surface area contributed by atoms with E-state index in [2.05, 4.69) is 118 Å². The summed E-state index contributed by atoms with van der Waals surface area (Å²) in [6, 6.07) is 0. The second-order valence-corrected chi connectivity index (χ2v) is 15.3. The summed E-state index contributed by atoms with van der Waals surface area (Å²) < 4.78 is 17.2. The van der Waals surface area contributed by atoms with Gasteiger partial charge in [0, 0.05) is 19.4 Å². The molecule has 0 amide bonds. The molecular weight excluding hydrogens is 717 g/mol. The number of allylic oxidation sites excluding steroid dienone is 16.